The number of fused-ring (bicyclic) bond motifs is 3. The average Bonchev–Trinajstić information content (AvgIpc) is 3.08. The van der Waals surface area contributed by atoms with E-state index in [0.717, 1.165) is 28.3 Å². The Labute approximate surface area is 187 Å². The lowest BCUT2D eigenvalue weighted by Gasteiger charge is -2.20. The van der Waals surface area contributed by atoms with E-state index in [1.165, 1.54) is 0 Å². The third-order valence-electron chi connectivity index (χ3n) is 5.16. The van der Waals surface area contributed by atoms with Gasteiger partial charge in [0.1, 0.15) is 6.61 Å². The number of alkyl carbamates (subject to hydrolysis) is 1. The van der Waals surface area contributed by atoms with Crippen molar-refractivity contribution in [2.75, 3.05) is 19.7 Å². The molecule has 1 aliphatic carbocycles. The van der Waals surface area contributed by atoms with Crippen LogP contribution in [0.4, 0.5) is 18.0 Å². The number of amides is 2. The van der Waals surface area contributed by atoms with Gasteiger partial charge >= 0.3 is 18.2 Å². The van der Waals surface area contributed by atoms with Gasteiger partial charge in [0.25, 0.3) is 0 Å². The minimum absolute atomic E-state index is 0.0806. The zero-order chi connectivity index (χ0) is 24.0. The van der Waals surface area contributed by atoms with Crippen molar-refractivity contribution in [2.24, 2.45) is 5.92 Å². The predicted octanol–water partition coefficient (Wildman–Crippen LogP) is 3.46. The summed E-state index contributed by atoms with van der Waals surface area (Å²) in [6, 6.07) is 15.2. The second kappa shape index (κ2) is 10.2. The summed E-state index contributed by atoms with van der Waals surface area (Å²) in [4.78, 5) is 34.4. The van der Waals surface area contributed by atoms with Crippen LogP contribution in [0, 0.1) is 5.92 Å². The van der Waals surface area contributed by atoms with Crippen LogP contribution in [0.5, 0.6) is 0 Å². The Kier molecular flexibility index (Phi) is 7.37. The standard InChI is InChI=1S/C23H21F3N2O5/c24-23(25,26)19(21(31)27-11-5-10-20(29)30)12-28-22(32)33-13-18-16-8-3-1-6-14(16)15-7-2-4-9-17(15)18/h1-10,18-19H,11-13H2,(H,27,31)(H,28,32)(H,29,30)/b10-5+. The van der Waals surface area contributed by atoms with Gasteiger partial charge in [0.15, 0.2) is 5.92 Å². The van der Waals surface area contributed by atoms with Gasteiger partial charge in [-0.2, -0.15) is 13.2 Å². The molecule has 0 radical (unpaired) electrons. The summed E-state index contributed by atoms with van der Waals surface area (Å²) in [7, 11) is 0. The lowest BCUT2D eigenvalue weighted by atomic mass is 9.98. The quantitative estimate of drug-likeness (QED) is 0.522. The molecule has 3 rings (SSSR count). The number of carbonyl (C=O) groups excluding carboxylic acids is 2. The van der Waals surface area contributed by atoms with E-state index in [-0.39, 0.29) is 12.5 Å². The lowest BCUT2D eigenvalue weighted by Crippen LogP contribution is -2.46. The molecular weight excluding hydrogens is 441 g/mol. The number of rotatable bonds is 8. The molecule has 174 valence electrons. The molecule has 0 spiro atoms. The summed E-state index contributed by atoms with van der Waals surface area (Å²) in [5.74, 6) is -5.47. The zero-order valence-electron chi connectivity index (χ0n) is 17.3. The van der Waals surface area contributed by atoms with Crippen molar-refractivity contribution >= 4 is 18.0 Å². The van der Waals surface area contributed by atoms with Gasteiger partial charge in [-0.1, -0.05) is 54.6 Å². The number of halogens is 3. The van der Waals surface area contributed by atoms with E-state index in [1.807, 2.05) is 59.2 Å². The number of carbonyl (C=O) groups is 3. The van der Waals surface area contributed by atoms with Gasteiger partial charge in [-0.3, -0.25) is 4.79 Å². The third kappa shape index (κ3) is 5.91. The highest BCUT2D eigenvalue weighted by Crippen LogP contribution is 2.44. The molecule has 0 saturated carbocycles. The Morgan fingerprint density at radius 3 is 2.12 bits per heavy atom. The van der Waals surface area contributed by atoms with E-state index < -0.39 is 43.2 Å². The fourth-order valence-electron chi connectivity index (χ4n) is 3.63. The molecule has 0 aliphatic heterocycles. The maximum absolute atomic E-state index is 13.3. The number of benzene rings is 2. The summed E-state index contributed by atoms with van der Waals surface area (Å²) >= 11 is 0. The molecule has 1 aliphatic rings. The van der Waals surface area contributed by atoms with Crippen LogP contribution in [0.2, 0.25) is 0 Å². The molecule has 10 heteroatoms. The van der Waals surface area contributed by atoms with E-state index >= 15 is 0 Å². The van der Waals surface area contributed by atoms with Crippen molar-refractivity contribution in [2.45, 2.75) is 12.1 Å². The van der Waals surface area contributed by atoms with Crippen LogP contribution in [0.25, 0.3) is 11.1 Å². The number of ether oxygens (including phenoxy) is 1. The molecule has 0 fully saturated rings. The summed E-state index contributed by atoms with van der Waals surface area (Å²) in [5.41, 5.74) is 3.92. The number of hydrogen-bond acceptors (Lipinski definition) is 4. The van der Waals surface area contributed by atoms with Gasteiger partial charge in [-0.15, -0.1) is 0 Å². The molecule has 7 nitrogen and oxygen atoms in total. The molecule has 0 saturated heterocycles. The Balaban J connectivity index is 1.57. The van der Waals surface area contributed by atoms with Crippen LogP contribution < -0.4 is 10.6 Å². The molecular formula is C23H21F3N2O5. The van der Waals surface area contributed by atoms with Gasteiger partial charge in [0, 0.05) is 25.1 Å². The SMILES string of the molecule is O=C(O)/C=C/CNC(=O)C(CNC(=O)OCC1c2ccccc2-c2ccccc21)C(F)(F)F. The molecule has 2 amide bonds. The minimum atomic E-state index is -4.92. The van der Waals surface area contributed by atoms with E-state index in [0.29, 0.717) is 6.08 Å². The van der Waals surface area contributed by atoms with Crippen molar-refractivity contribution in [1.82, 2.24) is 10.6 Å². The van der Waals surface area contributed by atoms with Gasteiger partial charge < -0.3 is 20.5 Å². The van der Waals surface area contributed by atoms with Gasteiger partial charge in [-0.25, -0.2) is 9.59 Å². The molecule has 33 heavy (non-hydrogen) atoms. The van der Waals surface area contributed by atoms with Gasteiger partial charge in [0.05, 0.1) is 0 Å². The first kappa shape index (κ1) is 23.8. The van der Waals surface area contributed by atoms with Crippen molar-refractivity contribution in [1.29, 1.82) is 0 Å². The third-order valence-corrected chi connectivity index (χ3v) is 5.16. The molecule has 3 N–H and O–H groups in total. The van der Waals surface area contributed by atoms with Crippen LogP contribution >= 0.6 is 0 Å². The fourth-order valence-corrected chi connectivity index (χ4v) is 3.63. The predicted molar refractivity (Wildman–Crippen MR) is 112 cm³/mol. The second-order valence-electron chi connectivity index (χ2n) is 7.29. The highest BCUT2D eigenvalue weighted by Gasteiger charge is 2.45. The molecule has 2 aromatic carbocycles. The number of carboxylic acids is 1. The summed E-state index contributed by atoms with van der Waals surface area (Å²) in [6.07, 6.45) is -4.31. The maximum atomic E-state index is 13.3. The van der Waals surface area contributed by atoms with Crippen molar-refractivity contribution in [3.8, 4) is 11.1 Å². The van der Waals surface area contributed by atoms with Crippen molar-refractivity contribution in [3.05, 3.63) is 71.8 Å². The van der Waals surface area contributed by atoms with Crippen molar-refractivity contribution in [3.63, 3.8) is 0 Å². The normalized spacial score (nSPS) is 13.8. The number of alkyl halides is 3. The molecule has 1 atom stereocenters. The summed E-state index contributed by atoms with van der Waals surface area (Å²) in [5, 5.41) is 12.4. The molecule has 0 heterocycles. The van der Waals surface area contributed by atoms with E-state index in [2.05, 4.69) is 0 Å². The van der Waals surface area contributed by atoms with Crippen molar-refractivity contribution < 1.29 is 37.4 Å². The molecule has 2 aromatic rings. The van der Waals surface area contributed by atoms with Crippen LogP contribution in [-0.2, 0) is 14.3 Å². The minimum Gasteiger partial charge on any atom is -0.478 e. The number of aliphatic carboxylic acids is 1. The topological polar surface area (TPSA) is 105 Å². The number of hydrogen-bond donors (Lipinski definition) is 3. The van der Waals surface area contributed by atoms with Crippen LogP contribution in [0.15, 0.2) is 60.7 Å². The lowest BCUT2D eigenvalue weighted by molar-refractivity contribution is -0.181. The monoisotopic (exact) mass is 462 g/mol. The fraction of sp³-hybridized carbons (Fsp3) is 0.261. The molecule has 0 aromatic heterocycles. The first-order valence-corrected chi connectivity index (χ1v) is 10.0. The smallest absolute Gasteiger partial charge is 0.407 e. The molecule has 1 unspecified atom stereocenters. The van der Waals surface area contributed by atoms with E-state index in [1.54, 1.807) is 0 Å². The maximum Gasteiger partial charge on any atom is 0.407 e. The van der Waals surface area contributed by atoms with Crippen LogP contribution in [-0.4, -0.2) is 48.9 Å². The summed E-state index contributed by atoms with van der Waals surface area (Å²) in [6.45, 7) is -1.50. The van der Waals surface area contributed by atoms with E-state index in [9.17, 15) is 27.6 Å². The Bertz CT molecular complexity index is 1020. The second-order valence-corrected chi connectivity index (χ2v) is 7.29. The van der Waals surface area contributed by atoms with E-state index in [4.69, 9.17) is 9.84 Å². The Hall–Kier alpha value is -3.82. The molecule has 0 bridgehead atoms. The van der Waals surface area contributed by atoms with Gasteiger partial charge in [-0.05, 0) is 22.3 Å². The first-order valence-electron chi connectivity index (χ1n) is 10.0. The number of nitrogens with one attached hydrogen (secondary N) is 2. The first-order chi connectivity index (χ1) is 15.7. The largest absolute Gasteiger partial charge is 0.478 e. The van der Waals surface area contributed by atoms with Crippen LogP contribution in [0.1, 0.15) is 17.0 Å². The van der Waals surface area contributed by atoms with Gasteiger partial charge in [0.2, 0.25) is 5.91 Å². The Morgan fingerprint density at radius 1 is 1.00 bits per heavy atom. The summed E-state index contributed by atoms with van der Waals surface area (Å²) < 4.78 is 44.9. The highest BCUT2D eigenvalue weighted by molar-refractivity contribution is 5.82. The zero-order valence-corrected chi connectivity index (χ0v) is 17.3. The average molecular weight is 462 g/mol. The Morgan fingerprint density at radius 2 is 1.58 bits per heavy atom. The highest BCUT2D eigenvalue weighted by atomic mass is 19.4. The van der Waals surface area contributed by atoms with Crippen LogP contribution in [0.3, 0.4) is 0 Å². The number of carboxylic acid groups (broad SMARTS) is 1.